The van der Waals surface area contributed by atoms with Crippen LogP contribution in [0.2, 0.25) is 0 Å². The van der Waals surface area contributed by atoms with E-state index in [4.69, 9.17) is 15.9 Å². The summed E-state index contributed by atoms with van der Waals surface area (Å²) in [6.07, 6.45) is 1.89. The zero-order valence-electron chi connectivity index (χ0n) is 6.99. The summed E-state index contributed by atoms with van der Waals surface area (Å²) in [5.74, 6) is -2.37. The number of anilines is 1. The monoisotopic (exact) mass is 200 g/mol. The van der Waals surface area contributed by atoms with E-state index in [0.717, 1.165) is 0 Å². The van der Waals surface area contributed by atoms with E-state index in [0.29, 0.717) is 0 Å². The number of nitrogens with two attached hydrogens (primary N) is 1. The Morgan fingerprint density at radius 1 is 1.21 bits per heavy atom. The second kappa shape index (κ2) is 6.29. The number of hydrogen-bond acceptors (Lipinski definition) is 6. The van der Waals surface area contributed by atoms with Crippen molar-refractivity contribution in [3.05, 3.63) is 12.7 Å². The molecule has 0 aliphatic heterocycles. The first-order valence-electron chi connectivity index (χ1n) is 3.33. The lowest BCUT2D eigenvalue weighted by Crippen LogP contribution is -2.03. The van der Waals surface area contributed by atoms with Crippen molar-refractivity contribution >= 4 is 17.9 Å². The van der Waals surface area contributed by atoms with Crippen LogP contribution in [0.3, 0.4) is 0 Å². The maximum Gasteiger partial charge on any atom is 0.314 e. The number of rotatable bonds is 2. The van der Waals surface area contributed by atoms with E-state index in [-0.39, 0.29) is 5.95 Å². The Morgan fingerprint density at radius 3 is 1.79 bits per heavy atom. The van der Waals surface area contributed by atoms with Gasteiger partial charge in [0, 0.05) is 0 Å². The van der Waals surface area contributed by atoms with Crippen LogP contribution >= 0.6 is 0 Å². The van der Waals surface area contributed by atoms with Gasteiger partial charge in [0.05, 0.1) is 0 Å². The highest BCUT2D eigenvalue weighted by Crippen LogP contribution is 1.77. The maximum atomic E-state index is 9.43. The smallest absolute Gasteiger partial charge is 0.314 e. The zero-order chi connectivity index (χ0) is 11.0. The molecule has 0 aliphatic rings. The summed E-state index contributed by atoms with van der Waals surface area (Å²) in [7, 11) is 0. The topological polar surface area (TPSA) is 139 Å². The molecule has 14 heavy (non-hydrogen) atoms. The molecule has 0 aromatic carbocycles. The first kappa shape index (κ1) is 11.8. The Hall–Kier alpha value is -2.25. The summed E-state index contributed by atoms with van der Waals surface area (Å²) in [6.45, 7) is 0. The first-order chi connectivity index (χ1) is 6.52. The van der Waals surface area contributed by atoms with Crippen molar-refractivity contribution in [2.24, 2.45) is 0 Å². The fourth-order valence-corrected chi connectivity index (χ4v) is 0.377. The van der Waals surface area contributed by atoms with Crippen molar-refractivity contribution in [2.45, 2.75) is 6.42 Å². The van der Waals surface area contributed by atoms with Gasteiger partial charge in [0.2, 0.25) is 5.95 Å². The number of carboxylic acid groups (broad SMARTS) is 2. The highest BCUT2D eigenvalue weighted by atomic mass is 16.4. The van der Waals surface area contributed by atoms with Crippen LogP contribution in [0.25, 0.3) is 0 Å². The summed E-state index contributed by atoms with van der Waals surface area (Å²) in [4.78, 5) is 29.5. The van der Waals surface area contributed by atoms with E-state index >= 15 is 0 Å². The van der Waals surface area contributed by atoms with E-state index in [9.17, 15) is 9.59 Å². The third-order valence-corrected chi connectivity index (χ3v) is 0.816. The molecule has 0 saturated heterocycles. The predicted molar refractivity (Wildman–Crippen MR) is 44.1 cm³/mol. The Kier molecular flexibility index (Phi) is 5.28. The summed E-state index contributed by atoms with van der Waals surface area (Å²) < 4.78 is 0. The van der Waals surface area contributed by atoms with Crippen molar-refractivity contribution in [1.82, 2.24) is 15.0 Å². The standard InChI is InChI=1S/C3H4N4.C3H4O4/c4-3-6-1-5-2-7-3;4-2(5)1-3(6)7/h1-2H,(H2,4,5,6,7);1H2,(H,4,5)(H,6,7). The molecule has 0 aliphatic carbocycles. The molecule has 76 valence electrons. The van der Waals surface area contributed by atoms with Crippen molar-refractivity contribution < 1.29 is 19.8 Å². The minimum atomic E-state index is -1.31. The van der Waals surface area contributed by atoms with E-state index in [1.807, 2.05) is 0 Å². The lowest BCUT2D eigenvalue weighted by atomic mass is 10.5. The Bertz CT molecular complexity index is 290. The van der Waals surface area contributed by atoms with Crippen LogP contribution in [0.15, 0.2) is 12.7 Å². The molecular formula is C6H8N4O4. The lowest BCUT2D eigenvalue weighted by molar-refractivity contribution is -0.147. The molecule has 4 N–H and O–H groups in total. The van der Waals surface area contributed by atoms with Crippen LogP contribution in [0.5, 0.6) is 0 Å². The van der Waals surface area contributed by atoms with Gasteiger partial charge in [-0.25, -0.2) is 15.0 Å². The average Bonchev–Trinajstić information content (AvgIpc) is 2.03. The molecule has 0 atom stereocenters. The van der Waals surface area contributed by atoms with Gasteiger partial charge in [-0.2, -0.15) is 0 Å². The van der Waals surface area contributed by atoms with E-state index < -0.39 is 18.4 Å². The Balaban J connectivity index is 0.000000241. The number of aliphatic carboxylic acids is 2. The molecule has 1 aromatic rings. The van der Waals surface area contributed by atoms with Crippen LogP contribution in [-0.4, -0.2) is 37.1 Å². The van der Waals surface area contributed by atoms with Crippen LogP contribution in [0, 0.1) is 0 Å². The number of nitrogen functional groups attached to an aromatic ring is 1. The quantitative estimate of drug-likeness (QED) is 0.516. The van der Waals surface area contributed by atoms with Gasteiger partial charge in [0.15, 0.2) is 0 Å². The molecule has 1 heterocycles. The van der Waals surface area contributed by atoms with E-state index in [1.165, 1.54) is 12.7 Å². The Labute approximate surface area is 78.4 Å². The first-order valence-corrected chi connectivity index (χ1v) is 3.33. The van der Waals surface area contributed by atoms with Crippen LogP contribution in [0.1, 0.15) is 6.42 Å². The lowest BCUT2D eigenvalue weighted by Gasteiger charge is -1.81. The van der Waals surface area contributed by atoms with Crippen LogP contribution < -0.4 is 5.73 Å². The molecule has 8 heteroatoms. The van der Waals surface area contributed by atoms with Crippen molar-refractivity contribution in [1.29, 1.82) is 0 Å². The number of carbonyl (C=O) groups is 2. The summed E-state index contributed by atoms with van der Waals surface area (Å²) in [5.41, 5.74) is 5.10. The van der Waals surface area contributed by atoms with Crippen LogP contribution in [0.4, 0.5) is 5.95 Å². The van der Waals surface area contributed by atoms with Crippen molar-refractivity contribution in [3.63, 3.8) is 0 Å². The molecule has 0 saturated carbocycles. The third-order valence-electron chi connectivity index (χ3n) is 0.816. The number of carboxylic acids is 2. The average molecular weight is 200 g/mol. The summed E-state index contributed by atoms with van der Waals surface area (Å²) in [6, 6.07) is 0. The van der Waals surface area contributed by atoms with Gasteiger partial charge in [-0.15, -0.1) is 0 Å². The molecule has 0 spiro atoms. The highest BCUT2D eigenvalue weighted by molar-refractivity contribution is 5.88. The number of hydrogen-bond donors (Lipinski definition) is 3. The fourth-order valence-electron chi connectivity index (χ4n) is 0.377. The van der Waals surface area contributed by atoms with Gasteiger partial charge < -0.3 is 15.9 Å². The number of aromatic nitrogens is 3. The van der Waals surface area contributed by atoms with Gasteiger partial charge in [0.1, 0.15) is 19.1 Å². The minimum Gasteiger partial charge on any atom is -0.481 e. The largest absolute Gasteiger partial charge is 0.481 e. The fraction of sp³-hybridized carbons (Fsp3) is 0.167. The van der Waals surface area contributed by atoms with Gasteiger partial charge in [-0.05, 0) is 0 Å². The third kappa shape index (κ3) is 7.85. The molecular weight excluding hydrogens is 192 g/mol. The Morgan fingerprint density at radius 2 is 1.64 bits per heavy atom. The molecule has 1 aromatic heterocycles. The SMILES string of the molecule is Nc1ncncn1.O=C(O)CC(=O)O. The number of nitrogens with zero attached hydrogens (tertiary/aromatic N) is 3. The molecule has 1 rings (SSSR count). The second-order valence-corrected chi connectivity index (χ2v) is 1.96. The molecule has 8 nitrogen and oxygen atoms in total. The molecule has 0 bridgehead atoms. The van der Waals surface area contributed by atoms with Gasteiger partial charge in [0.25, 0.3) is 0 Å². The van der Waals surface area contributed by atoms with E-state index in [2.05, 4.69) is 15.0 Å². The molecule has 0 amide bonds. The maximum absolute atomic E-state index is 9.43. The molecule has 0 radical (unpaired) electrons. The molecule has 0 unspecified atom stereocenters. The van der Waals surface area contributed by atoms with E-state index in [1.54, 1.807) is 0 Å². The van der Waals surface area contributed by atoms with Gasteiger partial charge in [-0.1, -0.05) is 0 Å². The zero-order valence-corrected chi connectivity index (χ0v) is 6.99. The van der Waals surface area contributed by atoms with Crippen LogP contribution in [-0.2, 0) is 9.59 Å². The minimum absolute atomic E-state index is 0.259. The normalized spacial score (nSPS) is 8.29. The summed E-state index contributed by atoms with van der Waals surface area (Å²) >= 11 is 0. The van der Waals surface area contributed by atoms with Crippen molar-refractivity contribution in [2.75, 3.05) is 5.73 Å². The van der Waals surface area contributed by atoms with Crippen molar-refractivity contribution in [3.8, 4) is 0 Å². The van der Waals surface area contributed by atoms with Gasteiger partial charge >= 0.3 is 11.9 Å². The summed E-state index contributed by atoms with van der Waals surface area (Å²) in [5, 5.41) is 15.4. The van der Waals surface area contributed by atoms with Gasteiger partial charge in [-0.3, -0.25) is 9.59 Å². The molecule has 0 fully saturated rings. The second-order valence-electron chi connectivity index (χ2n) is 1.96. The predicted octanol–water partition coefficient (Wildman–Crippen LogP) is -1.00. The highest BCUT2D eigenvalue weighted by Gasteiger charge is 2.01.